The van der Waals surface area contributed by atoms with E-state index in [0.717, 1.165) is 52.7 Å². The van der Waals surface area contributed by atoms with Gasteiger partial charge in [0.2, 0.25) is 0 Å². The molecule has 0 N–H and O–H groups in total. The average Bonchev–Trinajstić information content (AvgIpc) is 2.68. The zero-order chi connectivity index (χ0) is 17.6. The molecular weight excluding hydrogens is 314 g/mol. The Hall–Kier alpha value is -2.95. The van der Waals surface area contributed by atoms with Crippen LogP contribution in [0.5, 0.6) is 11.5 Å². The van der Waals surface area contributed by atoms with Crippen LogP contribution in [0.4, 0.5) is 0 Å². The predicted molar refractivity (Wildman–Crippen MR) is 97.8 cm³/mol. The number of aromatic nitrogens is 3. The summed E-state index contributed by atoms with van der Waals surface area (Å²) in [6.45, 7) is 2.10. The Morgan fingerprint density at radius 2 is 1.24 bits per heavy atom. The van der Waals surface area contributed by atoms with Crippen molar-refractivity contribution in [3.8, 4) is 34.0 Å². The Kier molecular flexibility index (Phi) is 5.23. The fourth-order valence-electron chi connectivity index (χ4n) is 2.58. The maximum Gasteiger partial charge on any atom is 0.151 e. The molecule has 0 aliphatic heterocycles. The molecule has 0 fully saturated rings. The van der Waals surface area contributed by atoms with E-state index in [4.69, 9.17) is 14.5 Å². The molecule has 0 saturated heterocycles. The van der Waals surface area contributed by atoms with E-state index in [1.54, 1.807) is 14.2 Å². The first kappa shape index (κ1) is 16.9. The summed E-state index contributed by atoms with van der Waals surface area (Å²) < 4.78 is 10.5. The lowest BCUT2D eigenvalue weighted by atomic mass is 10.0. The number of ether oxygens (including phenoxy) is 2. The van der Waals surface area contributed by atoms with Crippen LogP contribution in [0.2, 0.25) is 0 Å². The van der Waals surface area contributed by atoms with Gasteiger partial charge in [-0.3, -0.25) is 0 Å². The van der Waals surface area contributed by atoms with Crippen molar-refractivity contribution >= 4 is 0 Å². The fourth-order valence-corrected chi connectivity index (χ4v) is 2.58. The van der Waals surface area contributed by atoms with Gasteiger partial charge in [0, 0.05) is 17.5 Å². The maximum atomic E-state index is 5.25. The smallest absolute Gasteiger partial charge is 0.151 e. The minimum atomic E-state index is 0.755. The molecule has 128 valence electrons. The van der Waals surface area contributed by atoms with Gasteiger partial charge in [0.05, 0.1) is 14.2 Å². The standard InChI is InChI=1S/C20H21N3O2/c1-4-5-18-21-19(14-6-10-16(24-2)11-7-14)20(23-22-18)15-8-12-17(25-3)13-9-15/h6-13H,4-5H2,1-3H3. The van der Waals surface area contributed by atoms with Crippen molar-refractivity contribution in [1.29, 1.82) is 0 Å². The molecule has 2 aromatic carbocycles. The summed E-state index contributed by atoms with van der Waals surface area (Å²) in [6, 6.07) is 15.6. The van der Waals surface area contributed by atoms with Crippen molar-refractivity contribution in [2.75, 3.05) is 14.2 Å². The zero-order valence-electron chi connectivity index (χ0n) is 14.7. The number of rotatable bonds is 6. The van der Waals surface area contributed by atoms with Crippen molar-refractivity contribution < 1.29 is 9.47 Å². The van der Waals surface area contributed by atoms with E-state index in [0.29, 0.717) is 0 Å². The number of aryl methyl sites for hydroxylation is 1. The van der Waals surface area contributed by atoms with Gasteiger partial charge < -0.3 is 9.47 Å². The third-order valence-electron chi connectivity index (χ3n) is 3.93. The highest BCUT2D eigenvalue weighted by molar-refractivity contribution is 5.77. The van der Waals surface area contributed by atoms with E-state index in [1.165, 1.54) is 0 Å². The van der Waals surface area contributed by atoms with Gasteiger partial charge in [0.15, 0.2) is 5.82 Å². The number of hydrogen-bond donors (Lipinski definition) is 0. The SMILES string of the molecule is CCCc1nnc(-c2ccc(OC)cc2)c(-c2ccc(OC)cc2)n1. The Balaban J connectivity index is 2.09. The first-order valence-electron chi connectivity index (χ1n) is 8.27. The molecule has 0 atom stereocenters. The van der Waals surface area contributed by atoms with E-state index in [1.807, 2.05) is 48.5 Å². The molecule has 0 amide bonds. The highest BCUT2D eigenvalue weighted by Gasteiger charge is 2.14. The van der Waals surface area contributed by atoms with E-state index in [2.05, 4.69) is 17.1 Å². The van der Waals surface area contributed by atoms with Crippen LogP contribution >= 0.6 is 0 Å². The molecule has 0 bridgehead atoms. The molecule has 0 radical (unpaired) electrons. The van der Waals surface area contributed by atoms with Gasteiger partial charge in [0.1, 0.15) is 22.9 Å². The fraction of sp³-hybridized carbons (Fsp3) is 0.250. The second kappa shape index (κ2) is 7.75. The second-order valence-corrected chi connectivity index (χ2v) is 5.63. The first-order valence-corrected chi connectivity index (χ1v) is 8.27. The van der Waals surface area contributed by atoms with E-state index in [9.17, 15) is 0 Å². The normalized spacial score (nSPS) is 10.5. The lowest BCUT2D eigenvalue weighted by molar-refractivity contribution is 0.414. The summed E-state index contributed by atoms with van der Waals surface area (Å²) in [7, 11) is 3.31. The van der Waals surface area contributed by atoms with E-state index < -0.39 is 0 Å². The van der Waals surface area contributed by atoms with Gasteiger partial charge in [-0.15, -0.1) is 10.2 Å². The molecule has 0 aliphatic rings. The van der Waals surface area contributed by atoms with Crippen LogP contribution in [-0.2, 0) is 6.42 Å². The maximum absolute atomic E-state index is 5.25. The van der Waals surface area contributed by atoms with Crippen molar-refractivity contribution in [2.24, 2.45) is 0 Å². The number of methoxy groups -OCH3 is 2. The summed E-state index contributed by atoms with van der Waals surface area (Å²) in [4.78, 5) is 4.76. The van der Waals surface area contributed by atoms with Gasteiger partial charge in [0.25, 0.3) is 0 Å². The molecule has 1 aromatic heterocycles. The molecule has 5 nitrogen and oxygen atoms in total. The molecule has 0 unspecified atom stereocenters. The minimum Gasteiger partial charge on any atom is -0.497 e. The predicted octanol–water partition coefficient (Wildman–Crippen LogP) is 4.18. The third-order valence-corrected chi connectivity index (χ3v) is 3.93. The molecule has 0 spiro atoms. The van der Waals surface area contributed by atoms with Gasteiger partial charge in [-0.25, -0.2) is 4.98 Å². The Bertz CT molecular complexity index is 831. The first-order chi connectivity index (χ1) is 12.2. The minimum absolute atomic E-state index is 0.755. The average molecular weight is 335 g/mol. The summed E-state index contributed by atoms with van der Waals surface area (Å²) in [6.07, 6.45) is 1.78. The zero-order valence-corrected chi connectivity index (χ0v) is 14.7. The van der Waals surface area contributed by atoms with Crippen LogP contribution in [0.15, 0.2) is 48.5 Å². The summed E-state index contributed by atoms with van der Waals surface area (Å²) in [5.41, 5.74) is 3.52. The van der Waals surface area contributed by atoms with Gasteiger partial charge in [-0.2, -0.15) is 0 Å². The van der Waals surface area contributed by atoms with Crippen molar-refractivity contribution in [3.05, 3.63) is 54.4 Å². The summed E-state index contributed by atoms with van der Waals surface area (Å²) >= 11 is 0. The lowest BCUT2D eigenvalue weighted by Crippen LogP contribution is -2.03. The summed E-state index contributed by atoms with van der Waals surface area (Å²) in [5, 5.41) is 8.75. The van der Waals surface area contributed by atoms with Crippen molar-refractivity contribution in [1.82, 2.24) is 15.2 Å². The molecular formula is C20H21N3O2. The van der Waals surface area contributed by atoms with Crippen molar-refractivity contribution in [2.45, 2.75) is 19.8 Å². The Morgan fingerprint density at radius 3 is 1.72 bits per heavy atom. The monoisotopic (exact) mass is 335 g/mol. The van der Waals surface area contributed by atoms with Gasteiger partial charge >= 0.3 is 0 Å². The molecule has 1 heterocycles. The van der Waals surface area contributed by atoms with Crippen LogP contribution in [0, 0.1) is 0 Å². The summed E-state index contributed by atoms with van der Waals surface area (Å²) in [5.74, 6) is 2.37. The van der Waals surface area contributed by atoms with Crippen LogP contribution in [0.1, 0.15) is 19.2 Å². The third kappa shape index (κ3) is 3.76. The molecule has 3 aromatic rings. The van der Waals surface area contributed by atoms with Crippen LogP contribution in [0.3, 0.4) is 0 Å². The number of nitrogens with zero attached hydrogens (tertiary/aromatic N) is 3. The molecule has 0 saturated carbocycles. The van der Waals surface area contributed by atoms with Crippen LogP contribution in [0.25, 0.3) is 22.5 Å². The van der Waals surface area contributed by atoms with Crippen molar-refractivity contribution in [3.63, 3.8) is 0 Å². The molecule has 25 heavy (non-hydrogen) atoms. The lowest BCUT2D eigenvalue weighted by Gasteiger charge is -2.10. The topological polar surface area (TPSA) is 57.1 Å². The molecule has 5 heteroatoms. The largest absolute Gasteiger partial charge is 0.497 e. The van der Waals surface area contributed by atoms with E-state index >= 15 is 0 Å². The van der Waals surface area contributed by atoms with Crippen LogP contribution < -0.4 is 9.47 Å². The van der Waals surface area contributed by atoms with Gasteiger partial charge in [-0.05, 0) is 55.0 Å². The molecule has 3 rings (SSSR count). The Morgan fingerprint density at radius 1 is 0.720 bits per heavy atom. The number of hydrogen-bond acceptors (Lipinski definition) is 5. The van der Waals surface area contributed by atoms with E-state index in [-0.39, 0.29) is 0 Å². The molecule has 0 aliphatic carbocycles. The Labute approximate surface area is 147 Å². The van der Waals surface area contributed by atoms with Gasteiger partial charge in [-0.1, -0.05) is 6.92 Å². The quantitative estimate of drug-likeness (QED) is 0.676. The highest BCUT2D eigenvalue weighted by Crippen LogP contribution is 2.30. The number of benzene rings is 2. The second-order valence-electron chi connectivity index (χ2n) is 5.63. The van der Waals surface area contributed by atoms with Crippen LogP contribution in [-0.4, -0.2) is 29.4 Å². The highest BCUT2D eigenvalue weighted by atomic mass is 16.5.